The summed E-state index contributed by atoms with van der Waals surface area (Å²) >= 11 is 1.52. The van der Waals surface area contributed by atoms with Gasteiger partial charge in [-0.1, -0.05) is 0 Å². The molecule has 2 heterocycles. The molecule has 2 aliphatic carbocycles. The topological polar surface area (TPSA) is 71.3 Å². The number of carbonyl (C=O) groups is 2. The SMILES string of the molecule is Cc1ccoc1C(=O)Nc1sc2c(c1C(=O)NC1CC1)CCC2. The molecule has 2 amide bonds. The lowest BCUT2D eigenvalue weighted by atomic mass is 10.1. The van der Waals surface area contributed by atoms with Gasteiger partial charge in [0.1, 0.15) is 5.00 Å². The molecule has 0 aliphatic heterocycles. The lowest BCUT2D eigenvalue weighted by molar-refractivity contribution is 0.0951. The molecule has 2 N–H and O–H groups in total. The van der Waals surface area contributed by atoms with Gasteiger partial charge < -0.3 is 15.1 Å². The van der Waals surface area contributed by atoms with Crippen molar-refractivity contribution in [3.8, 4) is 0 Å². The smallest absolute Gasteiger partial charge is 0.292 e. The minimum Gasteiger partial charge on any atom is -0.459 e. The van der Waals surface area contributed by atoms with E-state index in [1.54, 1.807) is 6.07 Å². The predicted octanol–water partition coefficient (Wildman–Crippen LogP) is 3.28. The normalized spacial score (nSPS) is 16.2. The van der Waals surface area contributed by atoms with Crippen LogP contribution in [-0.2, 0) is 12.8 Å². The third-order valence-electron chi connectivity index (χ3n) is 4.36. The molecule has 5 nitrogen and oxygen atoms in total. The summed E-state index contributed by atoms with van der Waals surface area (Å²) in [6, 6.07) is 2.06. The molecule has 0 radical (unpaired) electrons. The molecule has 23 heavy (non-hydrogen) atoms. The van der Waals surface area contributed by atoms with Crippen LogP contribution in [0.1, 0.15) is 56.2 Å². The van der Waals surface area contributed by atoms with Crippen LogP contribution in [0.25, 0.3) is 0 Å². The Morgan fingerprint density at radius 2 is 2.09 bits per heavy atom. The highest BCUT2D eigenvalue weighted by Gasteiger charge is 2.31. The number of fused-ring (bicyclic) bond motifs is 1. The first-order valence-corrected chi connectivity index (χ1v) is 8.76. The van der Waals surface area contributed by atoms with Crippen molar-refractivity contribution in [3.63, 3.8) is 0 Å². The predicted molar refractivity (Wildman–Crippen MR) is 88.2 cm³/mol. The first kappa shape index (κ1) is 14.5. The number of furan rings is 1. The summed E-state index contributed by atoms with van der Waals surface area (Å²) in [7, 11) is 0. The Labute approximate surface area is 138 Å². The lowest BCUT2D eigenvalue weighted by Gasteiger charge is -2.08. The number of carbonyl (C=O) groups excluding carboxylic acids is 2. The third-order valence-corrected chi connectivity index (χ3v) is 5.56. The summed E-state index contributed by atoms with van der Waals surface area (Å²) in [6.45, 7) is 1.83. The van der Waals surface area contributed by atoms with Gasteiger partial charge in [-0.05, 0) is 50.7 Å². The highest BCUT2D eigenvalue weighted by atomic mass is 32.1. The van der Waals surface area contributed by atoms with Gasteiger partial charge in [-0.25, -0.2) is 0 Å². The van der Waals surface area contributed by atoms with Crippen molar-refractivity contribution in [1.29, 1.82) is 0 Å². The van der Waals surface area contributed by atoms with E-state index in [1.807, 2.05) is 6.92 Å². The van der Waals surface area contributed by atoms with Gasteiger partial charge >= 0.3 is 0 Å². The fraction of sp³-hybridized carbons (Fsp3) is 0.412. The molecule has 1 saturated carbocycles. The maximum atomic E-state index is 12.6. The van der Waals surface area contributed by atoms with Crippen LogP contribution in [0, 0.1) is 6.92 Å². The maximum Gasteiger partial charge on any atom is 0.292 e. The second-order valence-electron chi connectivity index (χ2n) is 6.20. The van der Waals surface area contributed by atoms with Gasteiger partial charge in [0.25, 0.3) is 11.8 Å². The van der Waals surface area contributed by atoms with Gasteiger partial charge in [-0.15, -0.1) is 11.3 Å². The molecule has 6 heteroatoms. The first-order valence-electron chi connectivity index (χ1n) is 7.94. The minimum atomic E-state index is -0.298. The van der Waals surface area contributed by atoms with E-state index in [2.05, 4.69) is 10.6 Å². The van der Waals surface area contributed by atoms with Crippen molar-refractivity contribution in [2.24, 2.45) is 0 Å². The van der Waals surface area contributed by atoms with Crippen LogP contribution in [0.3, 0.4) is 0 Å². The molecule has 2 aromatic heterocycles. The zero-order valence-corrected chi connectivity index (χ0v) is 13.7. The Bertz CT molecular complexity index is 786. The Balaban J connectivity index is 1.64. The molecule has 4 rings (SSSR count). The van der Waals surface area contributed by atoms with Crippen molar-refractivity contribution in [1.82, 2.24) is 5.32 Å². The Hall–Kier alpha value is -2.08. The van der Waals surface area contributed by atoms with Gasteiger partial charge in [-0.2, -0.15) is 0 Å². The summed E-state index contributed by atoms with van der Waals surface area (Å²) in [4.78, 5) is 26.2. The number of nitrogens with one attached hydrogen (secondary N) is 2. The molecule has 2 aromatic rings. The van der Waals surface area contributed by atoms with E-state index in [0.29, 0.717) is 22.4 Å². The fourth-order valence-corrected chi connectivity index (χ4v) is 4.26. The van der Waals surface area contributed by atoms with E-state index in [0.717, 1.165) is 43.2 Å². The van der Waals surface area contributed by atoms with E-state index in [4.69, 9.17) is 4.42 Å². The number of aryl methyl sites for hydroxylation is 2. The van der Waals surface area contributed by atoms with E-state index in [-0.39, 0.29) is 11.8 Å². The quantitative estimate of drug-likeness (QED) is 0.903. The van der Waals surface area contributed by atoms with Gasteiger partial charge in [-0.3, -0.25) is 9.59 Å². The highest BCUT2D eigenvalue weighted by Crippen LogP contribution is 2.39. The Kier molecular flexibility index (Phi) is 3.49. The van der Waals surface area contributed by atoms with Crippen LogP contribution in [0.15, 0.2) is 16.7 Å². The van der Waals surface area contributed by atoms with Crippen LogP contribution in [0.2, 0.25) is 0 Å². The number of rotatable bonds is 4. The molecule has 0 aromatic carbocycles. The van der Waals surface area contributed by atoms with Crippen LogP contribution in [0.4, 0.5) is 5.00 Å². The lowest BCUT2D eigenvalue weighted by Crippen LogP contribution is -2.27. The van der Waals surface area contributed by atoms with Crippen molar-refractivity contribution < 1.29 is 14.0 Å². The van der Waals surface area contributed by atoms with Crippen molar-refractivity contribution in [3.05, 3.63) is 39.7 Å². The molecule has 2 aliphatic rings. The monoisotopic (exact) mass is 330 g/mol. The van der Waals surface area contributed by atoms with Crippen LogP contribution >= 0.6 is 11.3 Å². The van der Waals surface area contributed by atoms with Crippen molar-refractivity contribution >= 4 is 28.2 Å². The Morgan fingerprint density at radius 1 is 1.26 bits per heavy atom. The van der Waals surface area contributed by atoms with E-state index >= 15 is 0 Å². The summed E-state index contributed by atoms with van der Waals surface area (Å²) < 4.78 is 5.24. The van der Waals surface area contributed by atoms with E-state index < -0.39 is 0 Å². The molecule has 0 unspecified atom stereocenters. The van der Waals surface area contributed by atoms with Gasteiger partial charge in [0.15, 0.2) is 5.76 Å². The van der Waals surface area contributed by atoms with Crippen LogP contribution in [-0.4, -0.2) is 17.9 Å². The molecular formula is C17H18N2O3S. The molecule has 120 valence electrons. The minimum absolute atomic E-state index is 0.0571. The van der Waals surface area contributed by atoms with E-state index in [9.17, 15) is 9.59 Å². The summed E-state index contributed by atoms with van der Waals surface area (Å²) in [5, 5.41) is 6.57. The van der Waals surface area contributed by atoms with Gasteiger partial charge in [0.2, 0.25) is 0 Å². The molecule has 0 atom stereocenters. The number of hydrogen-bond acceptors (Lipinski definition) is 4. The molecule has 0 bridgehead atoms. The molecule has 0 saturated heterocycles. The summed E-state index contributed by atoms with van der Waals surface area (Å²) in [5.74, 6) is -0.0571. The molecule has 1 fully saturated rings. The van der Waals surface area contributed by atoms with Crippen LogP contribution in [0.5, 0.6) is 0 Å². The fourth-order valence-electron chi connectivity index (χ4n) is 2.98. The molecule has 0 spiro atoms. The zero-order chi connectivity index (χ0) is 16.0. The standard InChI is InChI=1S/C17H18N2O3S/c1-9-7-8-22-14(9)16(21)19-17-13(15(20)18-10-5-6-10)11-3-2-4-12(11)23-17/h7-8,10H,2-6H2,1H3,(H,18,20)(H,19,21). The van der Waals surface area contributed by atoms with Gasteiger partial charge in [0, 0.05) is 16.5 Å². The number of amides is 2. The average molecular weight is 330 g/mol. The zero-order valence-electron chi connectivity index (χ0n) is 12.9. The summed E-state index contributed by atoms with van der Waals surface area (Å²) in [6.07, 6.45) is 6.57. The Morgan fingerprint density at radius 3 is 2.78 bits per heavy atom. The first-order chi connectivity index (χ1) is 11.1. The van der Waals surface area contributed by atoms with Crippen LogP contribution < -0.4 is 10.6 Å². The largest absolute Gasteiger partial charge is 0.459 e. The van der Waals surface area contributed by atoms with Crippen molar-refractivity contribution in [2.45, 2.75) is 45.1 Å². The summed E-state index contributed by atoms with van der Waals surface area (Å²) in [5.41, 5.74) is 2.56. The third kappa shape index (κ3) is 2.67. The highest BCUT2D eigenvalue weighted by molar-refractivity contribution is 7.17. The maximum absolute atomic E-state index is 12.6. The number of thiophene rings is 1. The molecular weight excluding hydrogens is 312 g/mol. The van der Waals surface area contributed by atoms with Gasteiger partial charge in [0.05, 0.1) is 11.8 Å². The van der Waals surface area contributed by atoms with E-state index in [1.165, 1.54) is 22.5 Å². The average Bonchev–Trinajstić information content (AvgIpc) is 2.91. The number of hydrogen-bond donors (Lipinski definition) is 2. The second-order valence-corrected chi connectivity index (χ2v) is 7.30. The number of anilines is 1. The second kappa shape index (κ2) is 5.53. The van der Waals surface area contributed by atoms with Crippen molar-refractivity contribution in [2.75, 3.05) is 5.32 Å².